The van der Waals surface area contributed by atoms with Crippen molar-refractivity contribution in [2.45, 2.75) is 84.2 Å². The molecule has 0 bridgehead atoms. The number of imidazole rings is 2. The second kappa shape index (κ2) is 13.3. The molecule has 5 aromatic rings. The van der Waals surface area contributed by atoms with Crippen molar-refractivity contribution in [3.8, 4) is 11.5 Å². The smallest absolute Gasteiger partial charge is 0.182 e. The first-order valence-electron chi connectivity index (χ1n) is 16.6. The second-order valence-electron chi connectivity index (χ2n) is 13.2. The average molecular weight is 641 g/mol. The van der Waals surface area contributed by atoms with Gasteiger partial charge in [0.25, 0.3) is 0 Å². The Labute approximate surface area is 274 Å². The Morgan fingerprint density at radius 1 is 0.809 bits per heavy atom. The molecule has 2 atom stereocenters. The van der Waals surface area contributed by atoms with Gasteiger partial charge >= 0.3 is 0 Å². The fraction of sp³-hybridized carbons (Fsp3) is 0.515. The molecule has 14 nitrogen and oxygen atoms in total. The van der Waals surface area contributed by atoms with Crippen molar-refractivity contribution in [2.24, 2.45) is 11.8 Å². The van der Waals surface area contributed by atoms with Gasteiger partial charge in [-0.05, 0) is 90.1 Å². The van der Waals surface area contributed by atoms with Crippen molar-refractivity contribution in [3.05, 3.63) is 49.1 Å². The third-order valence-electron chi connectivity index (χ3n) is 9.20. The Kier molecular flexibility index (Phi) is 8.78. The molecule has 6 heterocycles. The van der Waals surface area contributed by atoms with Crippen molar-refractivity contribution >= 4 is 34.0 Å². The third kappa shape index (κ3) is 6.65. The van der Waals surface area contributed by atoms with Crippen LogP contribution in [0.25, 0.3) is 22.3 Å². The topological polar surface area (TPSA) is 163 Å². The summed E-state index contributed by atoms with van der Waals surface area (Å²) in [6.45, 7) is 11.8. The number of aromatic amines is 2. The largest absolute Gasteiger partial charge is 0.491 e. The van der Waals surface area contributed by atoms with Gasteiger partial charge in [-0.1, -0.05) is 0 Å². The van der Waals surface area contributed by atoms with E-state index < -0.39 is 0 Å². The molecule has 0 amide bonds. The third-order valence-corrected chi connectivity index (χ3v) is 9.20. The van der Waals surface area contributed by atoms with E-state index in [0.717, 1.165) is 80.2 Å². The number of fused-ring (bicyclic) bond motifs is 2. The molecule has 14 heteroatoms. The minimum absolute atomic E-state index is 0.0813. The van der Waals surface area contributed by atoms with E-state index in [-0.39, 0.29) is 24.3 Å². The second-order valence-corrected chi connectivity index (χ2v) is 13.2. The Balaban J connectivity index is 1.10. The summed E-state index contributed by atoms with van der Waals surface area (Å²) in [5.41, 5.74) is 4.11. The van der Waals surface area contributed by atoms with Crippen LogP contribution in [0.4, 0.5) is 11.6 Å². The quantitative estimate of drug-likeness (QED) is 0.147. The lowest BCUT2D eigenvalue weighted by atomic mass is 9.81. The van der Waals surface area contributed by atoms with Crippen molar-refractivity contribution in [3.63, 3.8) is 0 Å². The molecule has 4 aromatic heterocycles. The molecule has 248 valence electrons. The van der Waals surface area contributed by atoms with Crippen LogP contribution in [0.15, 0.2) is 43.5 Å². The zero-order chi connectivity index (χ0) is 32.5. The minimum Gasteiger partial charge on any atom is -0.491 e. The summed E-state index contributed by atoms with van der Waals surface area (Å²) in [5, 5.41) is 1.82. The number of rotatable bonds is 10. The molecule has 7 rings (SSSR count). The van der Waals surface area contributed by atoms with Gasteiger partial charge in [0.15, 0.2) is 22.9 Å². The van der Waals surface area contributed by atoms with Crippen LogP contribution < -0.4 is 25.2 Å². The zero-order valence-electron chi connectivity index (χ0n) is 27.5. The number of hydrogen-bond acceptors (Lipinski definition) is 12. The summed E-state index contributed by atoms with van der Waals surface area (Å²) >= 11 is 0. The van der Waals surface area contributed by atoms with Crippen molar-refractivity contribution in [1.82, 2.24) is 44.8 Å². The Morgan fingerprint density at radius 2 is 1.45 bits per heavy atom. The van der Waals surface area contributed by atoms with Crippen LogP contribution in [-0.2, 0) is 6.54 Å². The van der Waals surface area contributed by atoms with E-state index >= 15 is 0 Å². The van der Waals surface area contributed by atoms with Crippen LogP contribution in [-0.4, -0.2) is 88.7 Å². The fourth-order valence-electron chi connectivity index (χ4n) is 7.19. The number of hydrazine groups is 1. The monoisotopic (exact) mass is 640 g/mol. The van der Waals surface area contributed by atoms with Gasteiger partial charge in [0.2, 0.25) is 0 Å². The van der Waals surface area contributed by atoms with Crippen LogP contribution >= 0.6 is 0 Å². The maximum absolute atomic E-state index is 6.84. The first-order valence-corrected chi connectivity index (χ1v) is 16.6. The van der Waals surface area contributed by atoms with Crippen LogP contribution in [0.2, 0.25) is 0 Å². The van der Waals surface area contributed by atoms with E-state index in [9.17, 15) is 0 Å². The Hall–Kier alpha value is -4.56. The highest BCUT2D eigenvalue weighted by atomic mass is 16.5. The number of benzene rings is 1. The zero-order valence-corrected chi connectivity index (χ0v) is 27.5. The van der Waals surface area contributed by atoms with Crippen LogP contribution in [0.1, 0.15) is 58.9 Å². The van der Waals surface area contributed by atoms with Crippen molar-refractivity contribution < 1.29 is 9.47 Å². The van der Waals surface area contributed by atoms with Crippen molar-refractivity contribution in [2.75, 3.05) is 29.5 Å². The normalized spacial score (nSPS) is 19.7. The highest BCUT2D eigenvalue weighted by Crippen LogP contribution is 2.37. The van der Waals surface area contributed by atoms with E-state index in [0.29, 0.717) is 23.0 Å². The maximum atomic E-state index is 6.84. The summed E-state index contributed by atoms with van der Waals surface area (Å²) < 4.78 is 12.1. The SMILES string of the molecule is CC(C)Oc1cc(CN2CCC(C3CC(N(N)c4ncnc5nc[nH]c45)CCN3c3ncnc4nc[nH]c34)CC2)cc(OC(C)C)c1. The van der Waals surface area contributed by atoms with Gasteiger partial charge in [-0.3, -0.25) is 9.91 Å². The lowest BCUT2D eigenvalue weighted by Gasteiger charge is -2.48. The maximum Gasteiger partial charge on any atom is 0.182 e. The summed E-state index contributed by atoms with van der Waals surface area (Å²) in [6, 6.07) is 6.59. The molecule has 2 aliphatic rings. The highest BCUT2D eigenvalue weighted by molar-refractivity contribution is 5.83. The molecule has 2 saturated heterocycles. The molecule has 2 unspecified atom stereocenters. The van der Waals surface area contributed by atoms with E-state index in [1.54, 1.807) is 19.0 Å². The summed E-state index contributed by atoms with van der Waals surface area (Å²) in [6.07, 6.45) is 10.5. The highest BCUT2D eigenvalue weighted by Gasteiger charge is 2.39. The van der Waals surface area contributed by atoms with Crippen LogP contribution in [0.5, 0.6) is 11.5 Å². The molecule has 4 N–H and O–H groups in total. The Bertz CT molecular complexity index is 1770. The molecular weight excluding hydrogens is 596 g/mol. The van der Waals surface area contributed by atoms with Gasteiger partial charge in [0.05, 0.1) is 30.9 Å². The molecule has 2 fully saturated rings. The lowest BCUT2D eigenvalue weighted by molar-refractivity contribution is 0.148. The molecule has 47 heavy (non-hydrogen) atoms. The first kappa shape index (κ1) is 31.1. The molecule has 2 aliphatic heterocycles. The summed E-state index contributed by atoms with van der Waals surface area (Å²) in [5.74, 6) is 10.6. The molecule has 0 aliphatic carbocycles. The van der Waals surface area contributed by atoms with Crippen molar-refractivity contribution in [1.29, 1.82) is 0 Å². The molecule has 0 saturated carbocycles. The van der Waals surface area contributed by atoms with Gasteiger partial charge in [0.1, 0.15) is 35.2 Å². The fourth-order valence-corrected chi connectivity index (χ4v) is 7.19. The molecular formula is C33H44N12O2. The van der Waals surface area contributed by atoms with Crippen LogP contribution in [0.3, 0.4) is 0 Å². The van der Waals surface area contributed by atoms with Gasteiger partial charge in [0, 0.05) is 25.2 Å². The number of nitrogens with one attached hydrogen (secondary N) is 2. The first-order chi connectivity index (χ1) is 22.8. The summed E-state index contributed by atoms with van der Waals surface area (Å²) in [7, 11) is 0. The minimum atomic E-state index is 0.0813. The summed E-state index contributed by atoms with van der Waals surface area (Å²) in [4.78, 5) is 38.1. The van der Waals surface area contributed by atoms with Gasteiger partial charge in [-0.25, -0.2) is 35.7 Å². The van der Waals surface area contributed by atoms with E-state index in [1.807, 2.05) is 38.8 Å². The standard InChI is InChI=1S/C33H44N12O2/c1-20(2)46-25-11-22(12-26(14-25)47-21(3)4)15-43-8-5-23(6-9-43)27-13-24(45(34)33-29-31(38-17-36-29)40-19-42-33)7-10-44(27)32-28-30(37-16-35-28)39-18-41-32/h11-12,14,16-21,23-24,27H,5-10,13,15,34H2,1-4H3,(H,35,37,39,41)(H,36,38,40,42). The number of ether oxygens (including phenoxy) is 2. The number of H-pyrrole nitrogens is 2. The predicted octanol–water partition coefficient (Wildman–Crippen LogP) is 4.22. The molecule has 0 radical (unpaired) electrons. The Morgan fingerprint density at radius 3 is 2.13 bits per heavy atom. The number of nitrogens with two attached hydrogens (primary N) is 1. The van der Waals surface area contributed by atoms with Gasteiger partial charge in [-0.15, -0.1) is 0 Å². The van der Waals surface area contributed by atoms with Crippen LogP contribution in [0, 0.1) is 5.92 Å². The average Bonchev–Trinajstić information content (AvgIpc) is 3.74. The number of likely N-dealkylation sites (tertiary alicyclic amines) is 1. The number of piperidine rings is 2. The lowest BCUT2D eigenvalue weighted by Crippen LogP contribution is -2.56. The predicted molar refractivity (Wildman–Crippen MR) is 180 cm³/mol. The number of aromatic nitrogens is 8. The number of hydrogen-bond donors (Lipinski definition) is 3. The van der Waals surface area contributed by atoms with E-state index in [4.69, 9.17) is 20.3 Å². The van der Waals surface area contributed by atoms with Gasteiger partial charge in [-0.2, -0.15) is 0 Å². The molecule has 0 spiro atoms. The van der Waals surface area contributed by atoms with Gasteiger partial charge < -0.3 is 24.3 Å². The molecule has 1 aromatic carbocycles. The number of nitrogens with zero attached hydrogens (tertiary/aromatic N) is 9. The number of anilines is 2. The van der Waals surface area contributed by atoms with E-state index in [2.05, 4.69) is 56.8 Å². The van der Waals surface area contributed by atoms with E-state index in [1.165, 1.54) is 11.9 Å².